The number of urea groups is 1. The molecule has 0 saturated heterocycles. The summed E-state index contributed by atoms with van der Waals surface area (Å²) in [5.74, 6) is -2.71. The highest BCUT2D eigenvalue weighted by molar-refractivity contribution is 6.02. The maximum atomic E-state index is 14.2. The molecule has 4 aromatic carbocycles. The molecule has 0 aromatic heterocycles. The van der Waals surface area contributed by atoms with Crippen LogP contribution >= 0.6 is 0 Å². The number of imide groups is 1. The van der Waals surface area contributed by atoms with Crippen molar-refractivity contribution in [3.63, 3.8) is 0 Å². The number of aliphatic imine (C=N–C) groups is 1. The first-order valence-corrected chi connectivity index (χ1v) is 15.3. The standard InChI is InChI=1S/C36H38N8O5/c1-40-36(49)43-35(39)42-28-14-8-13-27(21-28)32(34(48)41-22-25-15-17-26(18-16-25)31(37)33(38)47)44(29(45)19-23-9-4-2-5-10-23)30(46)20-24-11-6-3-7-12-24/h2-18,21,31-32H,19-20,22,37H2,1H3,(H2,38,47)(H,41,48)(H4,39,40,42,43,49). The van der Waals surface area contributed by atoms with Crippen LogP contribution in [0.4, 0.5) is 10.5 Å². The van der Waals surface area contributed by atoms with Gasteiger partial charge in [0, 0.05) is 13.6 Å². The third-order valence-electron chi connectivity index (χ3n) is 7.46. The minimum atomic E-state index is -1.42. The number of amides is 6. The summed E-state index contributed by atoms with van der Waals surface area (Å²) < 4.78 is 0. The van der Waals surface area contributed by atoms with E-state index >= 15 is 0 Å². The lowest BCUT2D eigenvalue weighted by molar-refractivity contribution is -0.152. The van der Waals surface area contributed by atoms with Crippen molar-refractivity contribution in [3.05, 3.63) is 137 Å². The number of nitrogens with zero attached hydrogens (tertiary/aromatic N) is 2. The summed E-state index contributed by atoms with van der Waals surface area (Å²) in [7, 11) is 1.42. The maximum absolute atomic E-state index is 14.2. The maximum Gasteiger partial charge on any atom is 0.321 e. The molecule has 0 heterocycles. The van der Waals surface area contributed by atoms with Gasteiger partial charge in [-0.25, -0.2) is 9.79 Å². The molecule has 0 fully saturated rings. The summed E-state index contributed by atoms with van der Waals surface area (Å²) >= 11 is 0. The van der Waals surface area contributed by atoms with Gasteiger partial charge in [0.25, 0.3) is 0 Å². The zero-order valence-corrected chi connectivity index (χ0v) is 26.8. The van der Waals surface area contributed by atoms with E-state index in [1.165, 1.54) is 13.1 Å². The molecule has 4 aromatic rings. The van der Waals surface area contributed by atoms with Crippen molar-refractivity contribution in [3.8, 4) is 0 Å². The van der Waals surface area contributed by atoms with Crippen LogP contribution in [0.15, 0.2) is 114 Å². The van der Waals surface area contributed by atoms with Crippen molar-refractivity contribution in [2.75, 3.05) is 7.05 Å². The number of nitrogens with one attached hydrogen (secondary N) is 3. The molecule has 49 heavy (non-hydrogen) atoms. The van der Waals surface area contributed by atoms with Crippen LogP contribution in [0.1, 0.15) is 39.9 Å². The van der Waals surface area contributed by atoms with Crippen LogP contribution in [-0.2, 0) is 38.6 Å². The SMILES string of the molecule is CNC(=O)NC(N)=Nc1cccc(C(C(=O)NCc2ccc(C(N)C(N)=O)cc2)N(C(=O)Cc2ccccc2)C(=O)Cc2ccccc2)c1. The minimum Gasteiger partial charge on any atom is -0.369 e. The van der Waals surface area contributed by atoms with E-state index in [1.54, 1.807) is 91.0 Å². The Morgan fingerprint density at radius 1 is 0.714 bits per heavy atom. The lowest BCUT2D eigenvalue weighted by Crippen LogP contribution is -2.48. The van der Waals surface area contributed by atoms with Crippen molar-refractivity contribution < 1.29 is 24.0 Å². The second-order valence-corrected chi connectivity index (χ2v) is 11.0. The van der Waals surface area contributed by atoms with Crippen LogP contribution < -0.4 is 33.2 Å². The highest BCUT2D eigenvalue weighted by Gasteiger charge is 2.36. The van der Waals surface area contributed by atoms with E-state index in [0.717, 1.165) is 4.90 Å². The second-order valence-electron chi connectivity index (χ2n) is 11.0. The molecule has 9 N–H and O–H groups in total. The average Bonchev–Trinajstić information content (AvgIpc) is 3.10. The molecule has 0 aliphatic carbocycles. The molecular weight excluding hydrogens is 624 g/mol. The summed E-state index contributed by atoms with van der Waals surface area (Å²) in [5, 5.41) is 7.59. The van der Waals surface area contributed by atoms with Gasteiger partial charge in [0.05, 0.1) is 18.5 Å². The molecule has 2 atom stereocenters. The fourth-order valence-electron chi connectivity index (χ4n) is 4.96. The van der Waals surface area contributed by atoms with Crippen molar-refractivity contribution in [1.82, 2.24) is 20.9 Å². The number of nitrogens with two attached hydrogens (primary N) is 3. The molecule has 4 rings (SSSR count). The summed E-state index contributed by atoms with van der Waals surface area (Å²) in [4.78, 5) is 70.8. The van der Waals surface area contributed by atoms with E-state index in [0.29, 0.717) is 22.3 Å². The minimum absolute atomic E-state index is 0.0237. The molecule has 0 aliphatic heterocycles. The normalized spacial score (nSPS) is 12.2. The Hall–Kier alpha value is -6.34. The predicted molar refractivity (Wildman–Crippen MR) is 185 cm³/mol. The summed E-state index contributed by atoms with van der Waals surface area (Å²) in [5.41, 5.74) is 20.1. The molecule has 0 bridgehead atoms. The fourth-order valence-corrected chi connectivity index (χ4v) is 4.96. The predicted octanol–water partition coefficient (Wildman–Crippen LogP) is 2.25. The number of guanidine groups is 1. The van der Waals surface area contributed by atoms with Crippen LogP contribution in [0.5, 0.6) is 0 Å². The van der Waals surface area contributed by atoms with E-state index in [9.17, 15) is 24.0 Å². The van der Waals surface area contributed by atoms with Gasteiger partial charge < -0.3 is 27.8 Å². The third-order valence-corrected chi connectivity index (χ3v) is 7.46. The van der Waals surface area contributed by atoms with Gasteiger partial charge >= 0.3 is 6.03 Å². The molecule has 0 saturated carbocycles. The zero-order valence-electron chi connectivity index (χ0n) is 26.8. The van der Waals surface area contributed by atoms with Gasteiger partial charge in [-0.1, -0.05) is 97.1 Å². The Kier molecular flexibility index (Phi) is 12.3. The highest BCUT2D eigenvalue weighted by atomic mass is 16.2. The van der Waals surface area contributed by atoms with Gasteiger partial charge in [-0.3, -0.25) is 29.4 Å². The molecular formula is C36H38N8O5. The Bertz CT molecular complexity index is 1760. The van der Waals surface area contributed by atoms with Crippen molar-refractivity contribution in [2.45, 2.75) is 31.5 Å². The molecule has 252 valence electrons. The van der Waals surface area contributed by atoms with E-state index in [4.69, 9.17) is 17.2 Å². The van der Waals surface area contributed by atoms with Gasteiger partial charge in [-0.15, -0.1) is 0 Å². The largest absolute Gasteiger partial charge is 0.369 e. The Morgan fingerprint density at radius 2 is 1.29 bits per heavy atom. The second kappa shape index (κ2) is 17.0. The molecule has 0 spiro atoms. The molecule has 0 aliphatic rings. The lowest BCUT2D eigenvalue weighted by Gasteiger charge is -2.30. The van der Waals surface area contributed by atoms with E-state index in [1.807, 2.05) is 12.1 Å². The third kappa shape index (κ3) is 10.1. The lowest BCUT2D eigenvalue weighted by atomic mass is 10.00. The van der Waals surface area contributed by atoms with E-state index in [-0.39, 0.29) is 36.6 Å². The number of rotatable bonds is 12. The first-order chi connectivity index (χ1) is 23.5. The van der Waals surface area contributed by atoms with Crippen LogP contribution in [-0.4, -0.2) is 47.6 Å². The molecule has 13 heteroatoms. The average molecular weight is 663 g/mol. The number of benzene rings is 4. The van der Waals surface area contributed by atoms with Crippen molar-refractivity contribution in [2.24, 2.45) is 22.2 Å². The van der Waals surface area contributed by atoms with Gasteiger partial charge in [0.2, 0.25) is 29.6 Å². The number of hydrogen-bond acceptors (Lipinski definition) is 7. The van der Waals surface area contributed by atoms with Gasteiger partial charge in [-0.2, -0.15) is 0 Å². The summed E-state index contributed by atoms with van der Waals surface area (Å²) in [6.07, 6.45) is -0.291. The Morgan fingerprint density at radius 3 is 1.82 bits per heavy atom. The van der Waals surface area contributed by atoms with E-state index in [2.05, 4.69) is 20.9 Å². The monoisotopic (exact) mass is 662 g/mol. The molecule has 2 unspecified atom stereocenters. The molecule has 6 amide bonds. The van der Waals surface area contributed by atoms with Gasteiger partial charge in [-0.05, 0) is 39.9 Å². The molecule has 0 radical (unpaired) electrons. The zero-order chi connectivity index (χ0) is 35.3. The van der Waals surface area contributed by atoms with Gasteiger partial charge in [0.1, 0.15) is 12.1 Å². The Labute approximate surface area is 283 Å². The quantitative estimate of drug-likeness (QED) is 0.0982. The van der Waals surface area contributed by atoms with Gasteiger partial charge in [0.15, 0.2) is 0 Å². The number of primary amides is 1. The topological polar surface area (TPSA) is 215 Å². The first kappa shape index (κ1) is 35.5. The molecule has 13 nitrogen and oxygen atoms in total. The first-order valence-electron chi connectivity index (χ1n) is 15.3. The van der Waals surface area contributed by atoms with Crippen LogP contribution in [0.3, 0.4) is 0 Å². The van der Waals surface area contributed by atoms with Crippen LogP contribution in [0, 0.1) is 0 Å². The number of carbonyl (C=O) groups is 5. The fraction of sp³-hybridized carbons (Fsp3) is 0.167. The number of carbonyl (C=O) groups excluding carboxylic acids is 5. The Balaban J connectivity index is 1.74. The summed E-state index contributed by atoms with van der Waals surface area (Å²) in [6.45, 7) is 0.0237. The van der Waals surface area contributed by atoms with E-state index < -0.39 is 41.7 Å². The van der Waals surface area contributed by atoms with Crippen molar-refractivity contribution in [1.29, 1.82) is 0 Å². The van der Waals surface area contributed by atoms with Crippen molar-refractivity contribution >= 4 is 41.3 Å². The highest BCUT2D eigenvalue weighted by Crippen LogP contribution is 2.27. The number of hydrogen-bond donors (Lipinski definition) is 6. The van der Waals surface area contributed by atoms with Crippen LogP contribution in [0.25, 0.3) is 0 Å². The smallest absolute Gasteiger partial charge is 0.321 e. The van der Waals surface area contributed by atoms with Crippen LogP contribution in [0.2, 0.25) is 0 Å². The summed E-state index contributed by atoms with van der Waals surface area (Å²) in [6, 6.07) is 27.8.